The number of hydrogen-bond donors (Lipinski definition) is 1. The first kappa shape index (κ1) is 17.9. The zero-order chi connectivity index (χ0) is 17.7. The van der Waals surface area contributed by atoms with Crippen LogP contribution in [0.25, 0.3) is 0 Å². The van der Waals surface area contributed by atoms with Gasteiger partial charge in [0, 0.05) is 11.8 Å². The summed E-state index contributed by atoms with van der Waals surface area (Å²) in [6, 6.07) is 11.4. The van der Waals surface area contributed by atoms with Crippen LogP contribution in [0.5, 0.6) is 11.5 Å². The third-order valence-electron chi connectivity index (χ3n) is 3.85. The van der Waals surface area contributed by atoms with Gasteiger partial charge in [0.15, 0.2) is 6.10 Å². The number of ether oxygens (including phenoxy) is 2. The van der Waals surface area contributed by atoms with E-state index in [-0.39, 0.29) is 5.91 Å². The van der Waals surface area contributed by atoms with Gasteiger partial charge in [0.2, 0.25) is 0 Å². The van der Waals surface area contributed by atoms with Crippen LogP contribution in [0.4, 0.5) is 5.69 Å². The fourth-order valence-electron chi connectivity index (χ4n) is 2.44. The number of rotatable bonds is 6. The highest BCUT2D eigenvalue weighted by atomic mass is 16.5. The van der Waals surface area contributed by atoms with Gasteiger partial charge >= 0.3 is 0 Å². The highest BCUT2D eigenvalue weighted by Crippen LogP contribution is 2.25. The molecule has 0 bridgehead atoms. The molecular formula is C20H25NO3. The first-order valence-corrected chi connectivity index (χ1v) is 8.19. The second-order valence-electron chi connectivity index (χ2n) is 5.92. The number of nitrogens with one attached hydrogen (secondary N) is 1. The van der Waals surface area contributed by atoms with Crippen LogP contribution in [0.3, 0.4) is 0 Å². The van der Waals surface area contributed by atoms with Crippen molar-refractivity contribution in [2.45, 2.75) is 40.7 Å². The van der Waals surface area contributed by atoms with Crippen molar-refractivity contribution in [1.82, 2.24) is 0 Å². The highest BCUT2D eigenvalue weighted by Gasteiger charge is 2.17. The van der Waals surface area contributed by atoms with Crippen molar-refractivity contribution >= 4 is 11.6 Å². The number of amides is 1. The van der Waals surface area contributed by atoms with Crippen LogP contribution >= 0.6 is 0 Å². The maximum Gasteiger partial charge on any atom is 0.265 e. The van der Waals surface area contributed by atoms with Gasteiger partial charge < -0.3 is 14.8 Å². The van der Waals surface area contributed by atoms with E-state index in [9.17, 15) is 4.79 Å². The van der Waals surface area contributed by atoms with Gasteiger partial charge in [0.25, 0.3) is 5.91 Å². The van der Waals surface area contributed by atoms with Crippen LogP contribution < -0.4 is 14.8 Å². The Kier molecular flexibility index (Phi) is 5.85. The van der Waals surface area contributed by atoms with Gasteiger partial charge in [0.05, 0.1) is 6.61 Å². The molecule has 0 aliphatic rings. The molecule has 1 amide bonds. The van der Waals surface area contributed by atoms with E-state index < -0.39 is 6.10 Å². The molecule has 0 heterocycles. The quantitative estimate of drug-likeness (QED) is 0.854. The molecule has 2 aromatic rings. The van der Waals surface area contributed by atoms with Gasteiger partial charge in [-0.1, -0.05) is 12.1 Å². The summed E-state index contributed by atoms with van der Waals surface area (Å²) in [6.07, 6.45) is -0.597. The van der Waals surface area contributed by atoms with Gasteiger partial charge in [-0.15, -0.1) is 0 Å². The van der Waals surface area contributed by atoms with Crippen molar-refractivity contribution in [2.75, 3.05) is 11.9 Å². The number of anilines is 1. The summed E-state index contributed by atoms with van der Waals surface area (Å²) >= 11 is 0. The predicted octanol–water partition coefficient (Wildman–Crippen LogP) is 4.42. The van der Waals surface area contributed by atoms with E-state index >= 15 is 0 Å². The minimum Gasteiger partial charge on any atom is -0.494 e. The largest absolute Gasteiger partial charge is 0.494 e. The van der Waals surface area contributed by atoms with E-state index in [4.69, 9.17) is 9.47 Å². The van der Waals surface area contributed by atoms with Crippen LogP contribution in [0.2, 0.25) is 0 Å². The van der Waals surface area contributed by atoms with E-state index in [1.54, 1.807) is 13.0 Å². The third-order valence-corrected chi connectivity index (χ3v) is 3.85. The second kappa shape index (κ2) is 7.86. The van der Waals surface area contributed by atoms with Crippen molar-refractivity contribution in [3.8, 4) is 11.5 Å². The Labute approximate surface area is 143 Å². The van der Waals surface area contributed by atoms with E-state index in [0.717, 1.165) is 28.2 Å². The molecule has 1 atom stereocenters. The minimum absolute atomic E-state index is 0.192. The lowest BCUT2D eigenvalue weighted by atomic mass is 10.1. The molecule has 24 heavy (non-hydrogen) atoms. The van der Waals surface area contributed by atoms with E-state index in [1.807, 2.05) is 52.0 Å². The first-order chi connectivity index (χ1) is 11.4. The molecule has 0 saturated heterocycles. The van der Waals surface area contributed by atoms with E-state index in [0.29, 0.717) is 12.3 Å². The lowest BCUT2D eigenvalue weighted by Gasteiger charge is -2.18. The summed E-state index contributed by atoms with van der Waals surface area (Å²) < 4.78 is 11.3. The fraction of sp³-hybridized carbons (Fsp3) is 0.350. The summed E-state index contributed by atoms with van der Waals surface area (Å²) in [6.45, 7) is 10.3. The molecular weight excluding hydrogens is 302 g/mol. The zero-order valence-corrected chi connectivity index (χ0v) is 15.0. The number of benzene rings is 2. The normalized spacial score (nSPS) is 11.7. The molecule has 1 N–H and O–H groups in total. The fourth-order valence-corrected chi connectivity index (χ4v) is 2.44. The zero-order valence-electron chi connectivity index (χ0n) is 15.0. The molecule has 0 saturated carbocycles. The Morgan fingerprint density at radius 2 is 1.92 bits per heavy atom. The molecule has 0 aliphatic carbocycles. The molecule has 0 radical (unpaired) electrons. The molecule has 4 nitrogen and oxygen atoms in total. The summed E-state index contributed by atoms with van der Waals surface area (Å²) in [4.78, 5) is 12.4. The number of carbonyl (C=O) groups is 1. The average molecular weight is 327 g/mol. The molecule has 2 aromatic carbocycles. The summed E-state index contributed by atoms with van der Waals surface area (Å²) in [5.74, 6) is 1.29. The molecule has 0 fully saturated rings. The van der Waals surface area contributed by atoms with Crippen LogP contribution in [-0.2, 0) is 4.79 Å². The lowest BCUT2D eigenvalue weighted by molar-refractivity contribution is -0.122. The Morgan fingerprint density at radius 1 is 1.17 bits per heavy atom. The van der Waals surface area contributed by atoms with Crippen LogP contribution in [0.15, 0.2) is 36.4 Å². The molecule has 0 aromatic heterocycles. The Bertz CT molecular complexity index is 725. The molecule has 0 spiro atoms. The molecule has 0 unspecified atom stereocenters. The minimum atomic E-state index is -0.597. The third kappa shape index (κ3) is 4.51. The van der Waals surface area contributed by atoms with Gasteiger partial charge in [-0.05, 0) is 69.5 Å². The standard InChI is InChI=1S/C20H25NO3/c1-6-23-18-9-7-8-17(12-18)21-20(22)16(5)24-19-11-13(2)10-14(3)15(19)4/h7-12,16H,6H2,1-5H3,(H,21,22)/t16-/m0/s1. The van der Waals surface area contributed by atoms with E-state index in [1.165, 1.54) is 0 Å². The van der Waals surface area contributed by atoms with Crippen molar-refractivity contribution < 1.29 is 14.3 Å². The molecule has 128 valence electrons. The van der Waals surface area contributed by atoms with Gasteiger partial charge in [-0.2, -0.15) is 0 Å². The SMILES string of the molecule is CCOc1cccc(NC(=O)[C@H](C)Oc2cc(C)cc(C)c2C)c1. The summed E-state index contributed by atoms with van der Waals surface area (Å²) in [5, 5.41) is 2.87. The van der Waals surface area contributed by atoms with E-state index in [2.05, 4.69) is 11.4 Å². The van der Waals surface area contributed by atoms with Crippen LogP contribution in [-0.4, -0.2) is 18.6 Å². The molecule has 4 heteroatoms. The van der Waals surface area contributed by atoms with Gasteiger partial charge in [-0.25, -0.2) is 0 Å². The highest BCUT2D eigenvalue weighted by molar-refractivity contribution is 5.94. The predicted molar refractivity (Wildman–Crippen MR) is 97.0 cm³/mol. The lowest BCUT2D eigenvalue weighted by Crippen LogP contribution is -2.30. The maximum atomic E-state index is 12.4. The topological polar surface area (TPSA) is 47.6 Å². The smallest absolute Gasteiger partial charge is 0.265 e. The number of carbonyl (C=O) groups excluding carboxylic acids is 1. The van der Waals surface area contributed by atoms with Gasteiger partial charge in [-0.3, -0.25) is 4.79 Å². The monoisotopic (exact) mass is 327 g/mol. The van der Waals surface area contributed by atoms with Crippen LogP contribution in [0, 0.1) is 20.8 Å². The number of hydrogen-bond acceptors (Lipinski definition) is 3. The van der Waals surface area contributed by atoms with Crippen molar-refractivity contribution in [1.29, 1.82) is 0 Å². The van der Waals surface area contributed by atoms with Crippen LogP contribution in [0.1, 0.15) is 30.5 Å². The first-order valence-electron chi connectivity index (χ1n) is 8.19. The number of aryl methyl sites for hydroxylation is 2. The average Bonchev–Trinajstić information content (AvgIpc) is 2.52. The summed E-state index contributed by atoms with van der Waals surface area (Å²) in [7, 11) is 0. The maximum absolute atomic E-state index is 12.4. The Hall–Kier alpha value is -2.49. The van der Waals surface area contributed by atoms with Gasteiger partial charge in [0.1, 0.15) is 11.5 Å². The van der Waals surface area contributed by atoms with Crippen molar-refractivity contribution in [3.05, 3.63) is 53.1 Å². The Morgan fingerprint density at radius 3 is 2.62 bits per heavy atom. The van der Waals surface area contributed by atoms with Crippen molar-refractivity contribution in [2.24, 2.45) is 0 Å². The van der Waals surface area contributed by atoms with Crippen molar-refractivity contribution in [3.63, 3.8) is 0 Å². The molecule has 2 rings (SSSR count). The Balaban J connectivity index is 2.06. The summed E-state index contributed by atoms with van der Waals surface area (Å²) in [5.41, 5.74) is 4.02. The molecule has 0 aliphatic heterocycles. The second-order valence-corrected chi connectivity index (χ2v) is 5.92.